The van der Waals surface area contributed by atoms with Crippen LogP contribution >= 0.6 is 0 Å². The zero-order chi connectivity index (χ0) is 18.7. The number of carbonyl (C=O) groups excluding carboxylic acids is 2. The number of esters is 1. The molecular formula is C19H25N3O3. The number of benzene rings is 1. The topological polar surface area (TPSA) is 73.2 Å². The van der Waals surface area contributed by atoms with Gasteiger partial charge in [-0.3, -0.25) is 9.48 Å². The summed E-state index contributed by atoms with van der Waals surface area (Å²) in [6.45, 7) is 9.50. The minimum absolute atomic E-state index is 0.251. The molecule has 1 amide bonds. The van der Waals surface area contributed by atoms with E-state index in [1.165, 1.54) is 0 Å². The Balaban J connectivity index is 2.41. The molecule has 25 heavy (non-hydrogen) atoms. The molecule has 134 valence electrons. The lowest BCUT2D eigenvalue weighted by molar-refractivity contribution is -0.145. The molecule has 1 heterocycles. The molecule has 0 spiro atoms. The van der Waals surface area contributed by atoms with Gasteiger partial charge in [0.05, 0.1) is 17.9 Å². The van der Waals surface area contributed by atoms with E-state index < -0.39 is 12.0 Å². The van der Waals surface area contributed by atoms with Gasteiger partial charge in [-0.25, -0.2) is 4.79 Å². The van der Waals surface area contributed by atoms with Crippen LogP contribution in [-0.2, 0) is 16.6 Å². The van der Waals surface area contributed by atoms with Crippen LogP contribution in [0.15, 0.2) is 18.2 Å². The number of rotatable bonds is 5. The van der Waals surface area contributed by atoms with E-state index in [4.69, 9.17) is 4.74 Å². The monoisotopic (exact) mass is 343 g/mol. The Kier molecular flexibility index (Phi) is 5.62. The molecule has 0 aliphatic heterocycles. The number of ether oxygens (including phenoxy) is 1. The van der Waals surface area contributed by atoms with E-state index in [1.54, 1.807) is 25.6 Å². The van der Waals surface area contributed by atoms with Crippen LogP contribution < -0.4 is 5.32 Å². The van der Waals surface area contributed by atoms with Crippen molar-refractivity contribution >= 4 is 11.9 Å². The first kappa shape index (κ1) is 18.7. The van der Waals surface area contributed by atoms with E-state index in [0.717, 1.165) is 22.4 Å². The Labute approximate surface area is 148 Å². The molecule has 0 unspecified atom stereocenters. The van der Waals surface area contributed by atoms with Gasteiger partial charge in [0.2, 0.25) is 0 Å². The number of aromatic nitrogens is 2. The maximum absolute atomic E-state index is 12.8. The van der Waals surface area contributed by atoms with Crippen molar-refractivity contribution in [1.29, 1.82) is 0 Å². The van der Waals surface area contributed by atoms with Gasteiger partial charge in [0.15, 0.2) is 6.04 Å². The lowest BCUT2D eigenvalue weighted by Crippen LogP contribution is -2.36. The number of amides is 1. The van der Waals surface area contributed by atoms with Gasteiger partial charge in [0.25, 0.3) is 5.91 Å². The van der Waals surface area contributed by atoms with Crippen molar-refractivity contribution in [3.8, 4) is 0 Å². The Morgan fingerprint density at radius 1 is 1.24 bits per heavy atom. The predicted octanol–water partition coefficient (Wildman–Crippen LogP) is 2.69. The van der Waals surface area contributed by atoms with Gasteiger partial charge < -0.3 is 10.1 Å². The van der Waals surface area contributed by atoms with E-state index in [-0.39, 0.29) is 12.5 Å². The second kappa shape index (κ2) is 7.51. The van der Waals surface area contributed by atoms with E-state index in [2.05, 4.69) is 10.4 Å². The molecule has 0 saturated carbocycles. The summed E-state index contributed by atoms with van der Waals surface area (Å²) in [6, 6.07) is 4.83. The lowest BCUT2D eigenvalue weighted by atomic mass is 9.97. The average Bonchev–Trinajstić information content (AvgIpc) is 2.80. The highest BCUT2D eigenvalue weighted by atomic mass is 16.5. The molecule has 0 radical (unpaired) electrons. The second-order valence-corrected chi connectivity index (χ2v) is 6.12. The second-order valence-electron chi connectivity index (χ2n) is 6.12. The molecule has 2 rings (SSSR count). The van der Waals surface area contributed by atoms with E-state index >= 15 is 0 Å². The van der Waals surface area contributed by atoms with Crippen LogP contribution in [-0.4, -0.2) is 28.3 Å². The lowest BCUT2D eigenvalue weighted by Gasteiger charge is -2.20. The summed E-state index contributed by atoms with van der Waals surface area (Å²) in [7, 11) is 1.78. The minimum Gasteiger partial charge on any atom is -0.464 e. The highest BCUT2D eigenvalue weighted by Crippen LogP contribution is 2.23. The van der Waals surface area contributed by atoms with Gasteiger partial charge in [-0.05, 0) is 51.3 Å². The fraction of sp³-hybridized carbons (Fsp3) is 0.421. The highest BCUT2D eigenvalue weighted by molar-refractivity contribution is 5.99. The summed E-state index contributed by atoms with van der Waals surface area (Å²) in [6.07, 6.45) is 0. The van der Waals surface area contributed by atoms with Crippen LogP contribution in [0.4, 0.5) is 0 Å². The number of carbonyl (C=O) groups is 2. The number of aryl methyl sites for hydroxylation is 3. The third-order valence-corrected chi connectivity index (χ3v) is 4.49. The summed E-state index contributed by atoms with van der Waals surface area (Å²) < 4.78 is 6.84. The maximum Gasteiger partial charge on any atom is 0.333 e. The normalized spacial score (nSPS) is 11.9. The number of hydrogen-bond donors (Lipinski definition) is 1. The SMILES string of the molecule is CCOC(=O)[C@H](NC(=O)c1c(C)nn(C)c1C)c1cccc(C)c1C. The molecule has 1 atom stereocenters. The van der Waals surface area contributed by atoms with Gasteiger partial charge in [-0.15, -0.1) is 0 Å². The van der Waals surface area contributed by atoms with Crippen LogP contribution in [0.5, 0.6) is 0 Å². The van der Waals surface area contributed by atoms with Gasteiger partial charge in [-0.2, -0.15) is 5.10 Å². The largest absolute Gasteiger partial charge is 0.464 e. The van der Waals surface area contributed by atoms with Crippen molar-refractivity contribution < 1.29 is 14.3 Å². The summed E-state index contributed by atoms with van der Waals surface area (Å²) in [5.41, 5.74) is 4.61. The summed E-state index contributed by atoms with van der Waals surface area (Å²) >= 11 is 0. The summed E-state index contributed by atoms with van der Waals surface area (Å²) in [4.78, 5) is 25.3. The first-order valence-corrected chi connectivity index (χ1v) is 8.31. The molecule has 2 aromatic rings. The molecule has 6 nitrogen and oxygen atoms in total. The van der Waals surface area contributed by atoms with Crippen LogP contribution in [0.2, 0.25) is 0 Å². The predicted molar refractivity (Wildman–Crippen MR) is 95.4 cm³/mol. The summed E-state index contributed by atoms with van der Waals surface area (Å²) in [5, 5.41) is 7.09. The number of nitrogens with zero attached hydrogens (tertiary/aromatic N) is 2. The molecule has 0 saturated heterocycles. The quantitative estimate of drug-likeness (QED) is 0.847. The molecule has 0 aliphatic carbocycles. The van der Waals surface area contributed by atoms with Crippen molar-refractivity contribution in [3.63, 3.8) is 0 Å². The Morgan fingerprint density at radius 2 is 1.92 bits per heavy atom. The Morgan fingerprint density at radius 3 is 2.48 bits per heavy atom. The Bertz CT molecular complexity index is 808. The van der Waals surface area contributed by atoms with Crippen LogP contribution in [0.25, 0.3) is 0 Å². The van der Waals surface area contributed by atoms with Gasteiger partial charge in [-0.1, -0.05) is 18.2 Å². The minimum atomic E-state index is -0.855. The smallest absolute Gasteiger partial charge is 0.333 e. The van der Waals surface area contributed by atoms with Crippen molar-refractivity contribution in [1.82, 2.24) is 15.1 Å². The maximum atomic E-state index is 12.8. The van der Waals surface area contributed by atoms with Gasteiger partial charge in [0.1, 0.15) is 0 Å². The van der Waals surface area contributed by atoms with E-state index in [0.29, 0.717) is 11.3 Å². The number of hydrogen-bond acceptors (Lipinski definition) is 4. The third-order valence-electron chi connectivity index (χ3n) is 4.49. The Hall–Kier alpha value is -2.63. The molecule has 1 aromatic carbocycles. The van der Waals surface area contributed by atoms with E-state index in [1.807, 2.05) is 39.0 Å². The molecule has 1 N–H and O–H groups in total. The fourth-order valence-electron chi connectivity index (χ4n) is 2.88. The van der Waals surface area contributed by atoms with Crippen molar-refractivity contribution in [2.24, 2.45) is 7.05 Å². The standard InChI is InChI=1S/C19H25N3O3/c1-7-25-19(24)17(15-10-8-9-11(2)12(15)3)20-18(23)16-13(4)21-22(6)14(16)5/h8-10,17H,7H2,1-6H3,(H,20,23)/t17-/m1/s1. The molecule has 0 bridgehead atoms. The van der Waals surface area contributed by atoms with E-state index in [9.17, 15) is 9.59 Å². The van der Waals surface area contributed by atoms with Gasteiger partial charge in [0, 0.05) is 12.7 Å². The zero-order valence-corrected chi connectivity index (χ0v) is 15.6. The van der Waals surface area contributed by atoms with Crippen molar-refractivity contribution in [3.05, 3.63) is 51.8 Å². The van der Waals surface area contributed by atoms with Crippen molar-refractivity contribution in [2.75, 3.05) is 6.61 Å². The average molecular weight is 343 g/mol. The van der Waals surface area contributed by atoms with Crippen LogP contribution in [0.3, 0.4) is 0 Å². The fourth-order valence-corrected chi connectivity index (χ4v) is 2.88. The van der Waals surface area contributed by atoms with Gasteiger partial charge >= 0.3 is 5.97 Å². The highest BCUT2D eigenvalue weighted by Gasteiger charge is 2.28. The first-order valence-electron chi connectivity index (χ1n) is 8.31. The third kappa shape index (κ3) is 3.73. The van der Waals surface area contributed by atoms with Crippen LogP contribution in [0, 0.1) is 27.7 Å². The molecule has 0 aliphatic rings. The molecule has 1 aromatic heterocycles. The molecule has 6 heteroatoms. The molecular weight excluding hydrogens is 318 g/mol. The first-order chi connectivity index (χ1) is 11.8. The van der Waals surface area contributed by atoms with Crippen LogP contribution in [0.1, 0.15) is 51.4 Å². The van der Waals surface area contributed by atoms with Crippen molar-refractivity contribution in [2.45, 2.75) is 40.7 Å². The molecule has 0 fully saturated rings. The number of nitrogens with one attached hydrogen (secondary N) is 1. The summed E-state index contributed by atoms with van der Waals surface area (Å²) in [5.74, 6) is -0.800. The zero-order valence-electron chi connectivity index (χ0n) is 15.6.